The monoisotopic (exact) mass is 286 g/mol. The summed E-state index contributed by atoms with van der Waals surface area (Å²) in [5, 5.41) is 3.50. The van der Waals surface area contributed by atoms with E-state index in [9.17, 15) is 4.79 Å². The Kier molecular flexibility index (Phi) is 3.70. The molecule has 0 radical (unpaired) electrons. The van der Waals surface area contributed by atoms with Crippen molar-refractivity contribution in [1.82, 2.24) is 10.3 Å². The highest BCUT2D eigenvalue weighted by Gasteiger charge is 2.33. The molecule has 0 bridgehead atoms. The molecule has 1 aliphatic rings. The molecule has 1 amide bonds. The number of hydrogen-bond donors (Lipinski definition) is 1. The number of pyridine rings is 1. The first-order valence-electron chi connectivity index (χ1n) is 6.71. The molecule has 0 aliphatic heterocycles. The summed E-state index contributed by atoms with van der Waals surface area (Å²) in [5.41, 5.74) is 1.70. The number of carbonyl (C=O) groups excluding carboxylic acids is 1. The standard InChI is InChI=1S/C16H15ClN2O/c17-14-9-8-13(10-18-14)16(20)19-15(12-6-7-12)11-4-2-1-3-5-11/h1-5,8-10,12,15H,6-7H2,(H,19,20). The smallest absolute Gasteiger partial charge is 0.253 e. The van der Waals surface area contributed by atoms with Crippen LogP contribution in [0.5, 0.6) is 0 Å². The lowest BCUT2D eigenvalue weighted by atomic mass is 10.0. The van der Waals surface area contributed by atoms with Gasteiger partial charge in [0.15, 0.2) is 0 Å². The van der Waals surface area contributed by atoms with Crippen molar-refractivity contribution in [2.24, 2.45) is 5.92 Å². The van der Waals surface area contributed by atoms with Gasteiger partial charge in [0.25, 0.3) is 5.91 Å². The third-order valence-electron chi connectivity index (χ3n) is 3.53. The average Bonchev–Trinajstić information content (AvgIpc) is 3.31. The lowest BCUT2D eigenvalue weighted by Gasteiger charge is -2.18. The van der Waals surface area contributed by atoms with Crippen LogP contribution < -0.4 is 5.32 Å². The zero-order valence-corrected chi connectivity index (χ0v) is 11.7. The van der Waals surface area contributed by atoms with Gasteiger partial charge in [-0.2, -0.15) is 0 Å². The van der Waals surface area contributed by atoms with Crippen LogP contribution in [0, 0.1) is 5.92 Å². The maximum absolute atomic E-state index is 12.3. The Morgan fingerprint density at radius 1 is 1.20 bits per heavy atom. The van der Waals surface area contributed by atoms with Gasteiger partial charge in [0.2, 0.25) is 0 Å². The molecule has 1 aliphatic carbocycles. The minimum atomic E-state index is -0.102. The van der Waals surface area contributed by atoms with E-state index in [0.29, 0.717) is 16.6 Å². The van der Waals surface area contributed by atoms with E-state index in [1.807, 2.05) is 18.2 Å². The van der Waals surface area contributed by atoms with Crippen molar-refractivity contribution in [2.75, 3.05) is 0 Å². The summed E-state index contributed by atoms with van der Waals surface area (Å²) >= 11 is 5.74. The van der Waals surface area contributed by atoms with Gasteiger partial charge in [-0.3, -0.25) is 4.79 Å². The van der Waals surface area contributed by atoms with Gasteiger partial charge < -0.3 is 5.32 Å². The SMILES string of the molecule is O=C(NC(c1ccccc1)C1CC1)c1ccc(Cl)nc1. The van der Waals surface area contributed by atoms with E-state index in [4.69, 9.17) is 11.6 Å². The van der Waals surface area contributed by atoms with Crippen LogP contribution in [0.25, 0.3) is 0 Å². The molecule has 1 fully saturated rings. The Hall–Kier alpha value is -1.87. The molecule has 1 N–H and O–H groups in total. The molecule has 1 aromatic heterocycles. The van der Waals surface area contributed by atoms with Crippen LogP contribution in [0.4, 0.5) is 0 Å². The van der Waals surface area contributed by atoms with Gasteiger partial charge in [-0.05, 0) is 36.5 Å². The molecular weight excluding hydrogens is 272 g/mol. The number of hydrogen-bond acceptors (Lipinski definition) is 2. The molecule has 3 nitrogen and oxygen atoms in total. The number of nitrogens with one attached hydrogen (secondary N) is 1. The first kappa shape index (κ1) is 13.1. The molecular formula is C16H15ClN2O. The maximum Gasteiger partial charge on any atom is 0.253 e. The Bertz CT molecular complexity index is 594. The number of benzene rings is 1. The Morgan fingerprint density at radius 3 is 2.55 bits per heavy atom. The van der Waals surface area contributed by atoms with Gasteiger partial charge in [-0.1, -0.05) is 41.9 Å². The predicted octanol–water partition coefficient (Wildman–Crippen LogP) is 3.62. The van der Waals surface area contributed by atoms with E-state index >= 15 is 0 Å². The van der Waals surface area contributed by atoms with Crippen LogP contribution in [0.1, 0.15) is 34.8 Å². The van der Waals surface area contributed by atoms with Crippen LogP contribution in [-0.4, -0.2) is 10.9 Å². The number of aromatic nitrogens is 1. The van der Waals surface area contributed by atoms with Gasteiger partial charge in [-0.15, -0.1) is 0 Å². The second-order valence-electron chi connectivity index (χ2n) is 5.07. The van der Waals surface area contributed by atoms with Crippen molar-refractivity contribution >= 4 is 17.5 Å². The van der Waals surface area contributed by atoms with Crippen molar-refractivity contribution in [2.45, 2.75) is 18.9 Å². The molecule has 2 aromatic rings. The summed E-state index contributed by atoms with van der Waals surface area (Å²) in [4.78, 5) is 16.2. The summed E-state index contributed by atoms with van der Waals surface area (Å²) in [5.74, 6) is 0.441. The first-order valence-corrected chi connectivity index (χ1v) is 7.09. The zero-order chi connectivity index (χ0) is 13.9. The number of nitrogens with zero attached hydrogens (tertiary/aromatic N) is 1. The van der Waals surface area contributed by atoms with Gasteiger partial charge in [0.05, 0.1) is 11.6 Å². The highest BCUT2D eigenvalue weighted by atomic mass is 35.5. The largest absolute Gasteiger partial charge is 0.345 e. The Labute approximate surface area is 123 Å². The van der Waals surface area contributed by atoms with E-state index in [-0.39, 0.29) is 11.9 Å². The molecule has 102 valence electrons. The normalized spacial score (nSPS) is 15.7. The fraction of sp³-hybridized carbons (Fsp3) is 0.250. The zero-order valence-electron chi connectivity index (χ0n) is 10.9. The van der Waals surface area contributed by atoms with E-state index < -0.39 is 0 Å². The third-order valence-corrected chi connectivity index (χ3v) is 3.75. The number of halogens is 1. The molecule has 4 heteroatoms. The van der Waals surface area contributed by atoms with Gasteiger partial charge in [0, 0.05) is 6.20 Å². The minimum Gasteiger partial charge on any atom is -0.345 e. The summed E-state index contributed by atoms with van der Waals surface area (Å²) in [6.45, 7) is 0. The first-order chi connectivity index (χ1) is 9.74. The summed E-state index contributed by atoms with van der Waals surface area (Å²) < 4.78 is 0. The second kappa shape index (κ2) is 5.63. The molecule has 0 saturated heterocycles. The average molecular weight is 287 g/mol. The van der Waals surface area contributed by atoms with Crippen molar-refractivity contribution in [3.05, 3.63) is 64.9 Å². The Morgan fingerprint density at radius 2 is 1.95 bits per heavy atom. The van der Waals surface area contributed by atoms with Crippen molar-refractivity contribution in [1.29, 1.82) is 0 Å². The van der Waals surface area contributed by atoms with Crippen molar-refractivity contribution < 1.29 is 4.79 Å². The third kappa shape index (κ3) is 2.99. The molecule has 0 spiro atoms. The molecule has 20 heavy (non-hydrogen) atoms. The highest BCUT2D eigenvalue weighted by molar-refractivity contribution is 6.29. The fourth-order valence-corrected chi connectivity index (χ4v) is 2.41. The second-order valence-corrected chi connectivity index (χ2v) is 5.46. The maximum atomic E-state index is 12.3. The lowest BCUT2D eigenvalue weighted by Crippen LogP contribution is -2.29. The lowest BCUT2D eigenvalue weighted by molar-refractivity contribution is 0.0931. The fourth-order valence-electron chi connectivity index (χ4n) is 2.30. The topological polar surface area (TPSA) is 42.0 Å². The van der Waals surface area contributed by atoms with Gasteiger partial charge in [-0.25, -0.2) is 4.98 Å². The van der Waals surface area contributed by atoms with Crippen molar-refractivity contribution in [3.8, 4) is 0 Å². The number of rotatable bonds is 4. The van der Waals surface area contributed by atoms with Crippen molar-refractivity contribution in [3.63, 3.8) is 0 Å². The summed E-state index contributed by atoms with van der Waals surface area (Å²) in [7, 11) is 0. The van der Waals surface area contributed by atoms with E-state index in [2.05, 4.69) is 22.4 Å². The number of carbonyl (C=O) groups is 1. The summed E-state index contributed by atoms with van der Waals surface area (Å²) in [6.07, 6.45) is 3.84. The Balaban J connectivity index is 1.77. The summed E-state index contributed by atoms with van der Waals surface area (Å²) in [6, 6.07) is 13.5. The minimum absolute atomic E-state index is 0.0828. The van der Waals surface area contributed by atoms with E-state index in [0.717, 1.165) is 5.56 Å². The molecule has 1 saturated carbocycles. The predicted molar refractivity (Wildman–Crippen MR) is 78.6 cm³/mol. The molecule has 1 unspecified atom stereocenters. The van der Waals surface area contributed by atoms with E-state index in [1.165, 1.54) is 19.0 Å². The van der Waals surface area contributed by atoms with Gasteiger partial charge in [0.1, 0.15) is 5.15 Å². The van der Waals surface area contributed by atoms with E-state index in [1.54, 1.807) is 12.1 Å². The van der Waals surface area contributed by atoms with Crippen LogP contribution >= 0.6 is 11.6 Å². The van der Waals surface area contributed by atoms with Gasteiger partial charge >= 0.3 is 0 Å². The molecule has 3 rings (SSSR count). The highest BCUT2D eigenvalue weighted by Crippen LogP contribution is 2.41. The van der Waals surface area contributed by atoms with Crippen LogP contribution in [0.15, 0.2) is 48.7 Å². The van der Waals surface area contributed by atoms with Crippen LogP contribution in [0.3, 0.4) is 0 Å². The molecule has 1 aromatic carbocycles. The quantitative estimate of drug-likeness (QED) is 0.872. The molecule has 1 atom stereocenters. The van der Waals surface area contributed by atoms with Crippen LogP contribution in [-0.2, 0) is 0 Å². The molecule has 1 heterocycles. The number of amides is 1. The van der Waals surface area contributed by atoms with Crippen LogP contribution in [0.2, 0.25) is 5.15 Å².